The van der Waals surface area contributed by atoms with Crippen molar-refractivity contribution in [2.24, 2.45) is 0 Å². The number of rotatable bonds is 4. The molecule has 0 saturated heterocycles. The van der Waals surface area contributed by atoms with E-state index < -0.39 is 0 Å². The number of furan rings is 2. The third-order valence-corrected chi connectivity index (χ3v) is 10.1. The smallest absolute Gasteiger partial charge is 0.164 e. The topological polar surface area (TPSA) is 74.2 Å². The quantitative estimate of drug-likeness (QED) is 0.187. The van der Waals surface area contributed by atoms with Crippen LogP contribution in [0.2, 0.25) is 0 Å². The Morgan fingerprint density at radius 1 is 0.510 bits per heavy atom. The van der Waals surface area contributed by atoms with E-state index in [9.17, 15) is 0 Å². The lowest BCUT2D eigenvalue weighted by Gasteiger charge is -2.18. The molecule has 6 aromatic carbocycles. The lowest BCUT2D eigenvalue weighted by molar-refractivity contribution is 0.269. The second-order valence-electron chi connectivity index (χ2n) is 13.1. The lowest BCUT2D eigenvalue weighted by Crippen LogP contribution is -2.17. The van der Waals surface area contributed by atoms with Crippen LogP contribution in [-0.2, 0) is 0 Å². The van der Waals surface area contributed by atoms with Crippen molar-refractivity contribution in [1.82, 2.24) is 15.0 Å². The summed E-state index contributed by atoms with van der Waals surface area (Å²) >= 11 is 0. The summed E-state index contributed by atoms with van der Waals surface area (Å²) in [5.41, 5.74) is 9.23. The van der Waals surface area contributed by atoms with Crippen molar-refractivity contribution < 1.29 is 13.6 Å². The Hall–Kier alpha value is -6.79. The second kappa shape index (κ2) is 10.9. The molecule has 0 spiro atoms. The molecule has 3 aromatic heterocycles. The predicted octanol–water partition coefficient (Wildman–Crippen LogP) is 11.2. The van der Waals surface area contributed by atoms with Crippen LogP contribution in [0.5, 0.6) is 5.75 Å². The van der Waals surface area contributed by atoms with Crippen molar-refractivity contribution in [2.75, 3.05) is 0 Å². The van der Waals surface area contributed by atoms with Gasteiger partial charge in [-0.1, -0.05) is 103 Å². The third kappa shape index (κ3) is 4.40. The van der Waals surface area contributed by atoms with Crippen LogP contribution in [0.25, 0.3) is 83.4 Å². The Labute approximate surface area is 292 Å². The molecule has 4 heterocycles. The fraction of sp³-hybridized carbons (Fsp3) is 0.0444. The molecular formula is C45H27N3O3. The zero-order chi connectivity index (χ0) is 33.5. The van der Waals surface area contributed by atoms with Crippen molar-refractivity contribution in [2.45, 2.75) is 12.0 Å². The number of para-hydroxylation sites is 3. The van der Waals surface area contributed by atoms with Crippen molar-refractivity contribution in [3.63, 3.8) is 0 Å². The van der Waals surface area contributed by atoms with Crippen LogP contribution in [-0.4, -0.2) is 21.1 Å². The van der Waals surface area contributed by atoms with E-state index in [1.165, 1.54) is 5.56 Å². The summed E-state index contributed by atoms with van der Waals surface area (Å²) < 4.78 is 19.1. The SMILES string of the molecule is C1=CC2Oc3ccccc3C2C=C1c1nc(-c2ccccc2)nc(-c2ccc(-c3ccc4oc5ccccc5c4c3)c3oc4ccccc4c23)n1. The van der Waals surface area contributed by atoms with Crippen LogP contribution in [0, 0.1) is 0 Å². The number of hydrogen-bond donors (Lipinski definition) is 0. The van der Waals surface area contributed by atoms with Gasteiger partial charge in [-0.15, -0.1) is 0 Å². The van der Waals surface area contributed by atoms with Gasteiger partial charge in [0.2, 0.25) is 0 Å². The zero-order valence-electron chi connectivity index (χ0n) is 27.2. The molecule has 6 nitrogen and oxygen atoms in total. The molecule has 1 aliphatic heterocycles. The Morgan fingerprint density at radius 3 is 2.12 bits per heavy atom. The lowest BCUT2D eigenvalue weighted by atomic mass is 9.89. The minimum absolute atomic E-state index is 0.0511. The normalized spacial score (nSPS) is 16.4. The molecular weight excluding hydrogens is 631 g/mol. The highest BCUT2D eigenvalue weighted by Crippen LogP contribution is 2.45. The molecule has 11 rings (SSSR count). The summed E-state index contributed by atoms with van der Waals surface area (Å²) in [6.07, 6.45) is 6.36. The zero-order valence-corrected chi connectivity index (χ0v) is 27.2. The number of hydrogen-bond acceptors (Lipinski definition) is 6. The Morgan fingerprint density at radius 2 is 1.22 bits per heavy atom. The molecule has 0 N–H and O–H groups in total. The number of nitrogens with zero attached hydrogens (tertiary/aromatic N) is 3. The van der Waals surface area contributed by atoms with Gasteiger partial charge in [0.1, 0.15) is 34.2 Å². The summed E-state index contributed by atoms with van der Waals surface area (Å²) in [5.74, 6) is 2.80. The van der Waals surface area contributed by atoms with E-state index in [2.05, 4.69) is 66.8 Å². The maximum atomic E-state index is 6.69. The molecule has 1 aliphatic carbocycles. The summed E-state index contributed by atoms with van der Waals surface area (Å²) in [7, 11) is 0. The first kappa shape index (κ1) is 28.1. The highest BCUT2D eigenvalue weighted by atomic mass is 16.5. The van der Waals surface area contributed by atoms with E-state index >= 15 is 0 Å². The fourth-order valence-electron chi connectivity index (χ4n) is 7.68. The maximum Gasteiger partial charge on any atom is 0.164 e. The molecule has 0 fully saturated rings. The predicted molar refractivity (Wildman–Crippen MR) is 201 cm³/mol. The second-order valence-corrected chi connectivity index (χ2v) is 13.1. The monoisotopic (exact) mass is 657 g/mol. The number of benzene rings is 6. The average molecular weight is 658 g/mol. The van der Waals surface area contributed by atoms with Crippen molar-refractivity contribution >= 4 is 49.5 Å². The summed E-state index contributed by atoms with van der Waals surface area (Å²) in [4.78, 5) is 15.4. The van der Waals surface area contributed by atoms with Gasteiger partial charge in [0.15, 0.2) is 17.5 Å². The van der Waals surface area contributed by atoms with Gasteiger partial charge >= 0.3 is 0 Å². The number of allylic oxidation sites excluding steroid dienone is 2. The van der Waals surface area contributed by atoms with E-state index in [0.29, 0.717) is 17.5 Å². The molecule has 9 aromatic rings. The van der Waals surface area contributed by atoms with Crippen LogP contribution in [0.1, 0.15) is 17.3 Å². The van der Waals surface area contributed by atoms with E-state index in [1.54, 1.807) is 0 Å². The average Bonchev–Trinajstić information content (AvgIpc) is 3.89. The number of ether oxygens (including phenoxy) is 1. The van der Waals surface area contributed by atoms with E-state index in [0.717, 1.165) is 77.5 Å². The van der Waals surface area contributed by atoms with Gasteiger partial charge in [-0.25, -0.2) is 15.0 Å². The summed E-state index contributed by atoms with van der Waals surface area (Å²) in [6, 6.07) is 45.2. The Kier molecular flexibility index (Phi) is 5.98. The third-order valence-electron chi connectivity index (χ3n) is 10.1. The molecule has 0 amide bonds. The molecule has 2 atom stereocenters. The minimum Gasteiger partial charge on any atom is -0.485 e. The Balaban J connectivity index is 1.13. The van der Waals surface area contributed by atoms with Gasteiger partial charge in [-0.3, -0.25) is 0 Å². The van der Waals surface area contributed by atoms with E-state index in [4.69, 9.17) is 28.5 Å². The molecule has 2 aliphatic rings. The molecule has 240 valence electrons. The van der Waals surface area contributed by atoms with Crippen molar-refractivity contribution in [1.29, 1.82) is 0 Å². The van der Waals surface area contributed by atoms with Gasteiger partial charge in [-0.05, 0) is 54.1 Å². The maximum absolute atomic E-state index is 6.69. The molecule has 2 unspecified atom stereocenters. The van der Waals surface area contributed by atoms with Crippen LogP contribution in [0.3, 0.4) is 0 Å². The van der Waals surface area contributed by atoms with Crippen LogP contribution in [0.15, 0.2) is 161 Å². The largest absolute Gasteiger partial charge is 0.485 e. The fourth-order valence-corrected chi connectivity index (χ4v) is 7.68. The summed E-state index contributed by atoms with van der Waals surface area (Å²) in [5, 5.41) is 4.12. The van der Waals surface area contributed by atoms with Crippen molar-refractivity contribution in [3.05, 3.63) is 163 Å². The highest BCUT2D eigenvalue weighted by Gasteiger charge is 2.34. The molecule has 0 saturated carbocycles. The first-order valence-electron chi connectivity index (χ1n) is 17.1. The molecule has 6 heteroatoms. The van der Waals surface area contributed by atoms with Crippen molar-refractivity contribution in [3.8, 4) is 39.7 Å². The van der Waals surface area contributed by atoms with Crippen LogP contribution < -0.4 is 4.74 Å². The van der Waals surface area contributed by atoms with Gasteiger partial charge in [0.05, 0.1) is 0 Å². The van der Waals surface area contributed by atoms with Crippen LogP contribution in [0.4, 0.5) is 0 Å². The number of fused-ring (bicyclic) bond motifs is 9. The van der Waals surface area contributed by atoms with Crippen LogP contribution >= 0.6 is 0 Å². The van der Waals surface area contributed by atoms with Gasteiger partial charge in [0, 0.05) is 55.3 Å². The molecule has 51 heavy (non-hydrogen) atoms. The molecule has 0 radical (unpaired) electrons. The van der Waals surface area contributed by atoms with Gasteiger partial charge < -0.3 is 13.6 Å². The highest BCUT2D eigenvalue weighted by molar-refractivity contribution is 6.16. The minimum atomic E-state index is -0.0511. The first-order valence-corrected chi connectivity index (χ1v) is 17.1. The first-order chi connectivity index (χ1) is 25.2. The van der Waals surface area contributed by atoms with Gasteiger partial charge in [-0.2, -0.15) is 0 Å². The summed E-state index contributed by atoms with van der Waals surface area (Å²) in [6.45, 7) is 0. The van der Waals surface area contributed by atoms with E-state index in [-0.39, 0.29) is 12.0 Å². The molecule has 0 bridgehead atoms. The standard InChI is InChI=1S/C45H27N3O3/c1-2-10-26(11-3-1)43-46-44(28-19-23-40-35(25-28)31-13-5-8-16-37(31)50-40)48-45(47-43)33-21-20-29(42-41(33)32-14-6-9-17-38(32)51-42)27-18-22-39-34(24-27)30-12-4-7-15-36(30)49-39/h1-25,35,40H. The Bertz CT molecular complexity index is 2920. The van der Waals surface area contributed by atoms with Gasteiger partial charge in [0.25, 0.3) is 0 Å². The van der Waals surface area contributed by atoms with E-state index in [1.807, 2.05) is 84.9 Å². The number of aromatic nitrogens is 3.